The van der Waals surface area contributed by atoms with Crippen LogP contribution in [-0.4, -0.2) is 6.54 Å². The second-order valence-electron chi connectivity index (χ2n) is 4.28. The Kier molecular flexibility index (Phi) is 4.73. The topological polar surface area (TPSA) is 16.6 Å². The summed E-state index contributed by atoms with van der Waals surface area (Å²) in [7, 11) is 0. The maximum atomic E-state index is 12.7. The zero-order valence-corrected chi connectivity index (χ0v) is 10.8. The van der Waals surface area contributed by atoms with E-state index in [-0.39, 0.29) is 5.82 Å². The minimum atomic E-state index is -0.177. The number of rotatable bonds is 5. The summed E-state index contributed by atoms with van der Waals surface area (Å²) < 4.78 is 12.7. The highest BCUT2D eigenvalue weighted by Gasteiger charge is 1.98. The highest BCUT2D eigenvalue weighted by atomic mass is 35.5. The third kappa shape index (κ3) is 4.13. The standard InChI is InChI=1S/C15H15ClFN/c16-14-5-1-13(2-6-14)11-18-10-9-12-3-7-15(17)8-4-12/h1-8,18H,9-11H2/p+1. The van der Waals surface area contributed by atoms with E-state index in [4.69, 9.17) is 11.6 Å². The van der Waals surface area contributed by atoms with Gasteiger partial charge in [0.15, 0.2) is 0 Å². The Morgan fingerprint density at radius 3 is 2.17 bits per heavy atom. The molecule has 2 aromatic carbocycles. The zero-order valence-electron chi connectivity index (χ0n) is 10.1. The molecule has 0 amide bonds. The van der Waals surface area contributed by atoms with Crippen LogP contribution in [0.4, 0.5) is 4.39 Å². The summed E-state index contributed by atoms with van der Waals surface area (Å²) in [5.74, 6) is -0.177. The van der Waals surface area contributed by atoms with Crippen molar-refractivity contribution < 1.29 is 9.71 Å². The van der Waals surface area contributed by atoms with Crippen molar-refractivity contribution in [3.05, 3.63) is 70.5 Å². The first-order valence-corrected chi connectivity index (χ1v) is 6.42. The van der Waals surface area contributed by atoms with Gasteiger partial charge in [-0.05, 0) is 29.8 Å². The summed E-state index contributed by atoms with van der Waals surface area (Å²) in [6.07, 6.45) is 0.952. The van der Waals surface area contributed by atoms with Gasteiger partial charge in [-0.25, -0.2) is 4.39 Å². The first-order valence-electron chi connectivity index (χ1n) is 6.04. The van der Waals surface area contributed by atoms with Crippen molar-refractivity contribution in [3.63, 3.8) is 0 Å². The van der Waals surface area contributed by atoms with Gasteiger partial charge in [-0.3, -0.25) is 0 Å². The molecule has 0 aromatic heterocycles. The van der Waals surface area contributed by atoms with Gasteiger partial charge in [-0.1, -0.05) is 35.9 Å². The molecule has 0 aliphatic carbocycles. The molecule has 2 N–H and O–H groups in total. The average molecular weight is 265 g/mol. The van der Waals surface area contributed by atoms with Crippen LogP contribution >= 0.6 is 11.6 Å². The van der Waals surface area contributed by atoms with Gasteiger partial charge >= 0.3 is 0 Å². The highest BCUT2D eigenvalue weighted by molar-refractivity contribution is 6.30. The number of hydrogen-bond acceptors (Lipinski definition) is 0. The predicted molar refractivity (Wildman–Crippen MR) is 72.1 cm³/mol. The van der Waals surface area contributed by atoms with Crippen LogP contribution in [-0.2, 0) is 13.0 Å². The van der Waals surface area contributed by atoms with Gasteiger partial charge in [-0.15, -0.1) is 0 Å². The molecule has 0 bridgehead atoms. The molecule has 0 radical (unpaired) electrons. The Morgan fingerprint density at radius 2 is 1.50 bits per heavy atom. The molecular formula is C15H16ClFN+. The predicted octanol–water partition coefficient (Wildman–Crippen LogP) is 2.79. The average Bonchev–Trinajstić information content (AvgIpc) is 2.39. The van der Waals surface area contributed by atoms with E-state index in [9.17, 15) is 4.39 Å². The lowest BCUT2D eigenvalue weighted by Gasteiger charge is -2.03. The van der Waals surface area contributed by atoms with Crippen LogP contribution < -0.4 is 5.32 Å². The second kappa shape index (κ2) is 6.53. The molecule has 94 valence electrons. The molecule has 0 saturated carbocycles. The van der Waals surface area contributed by atoms with E-state index in [2.05, 4.69) is 5.32 Å². The van der Waals surface area contributed by atoms with E-state index < -0.39 is 0 Å². The number of benzene rings is 2. The molecule has 2 aromatic rings. The van der Waals surface area contributed by atoms with Crippen molar-refractivity contribution >= 4 is 11.6 Å². The second-order valence-corrected chi connectivity index (χ2v) is 4.72. The largest absolute Gasteiger partial charge is 0.342 e. The number of nitrogens with two attached hydrogens (primary N) is 1. The molecule has 2 rings (SSSR count). The smallest absolute Gasteiger partial charge is 0.123 e. The fourth-order valence-corrected chi connectivity index (χ4v) is 1.94. The molecule has 0 aliphatic rings. The van der Waals surface area contributed by atoms with Crippen molar-refractivity contribution in [3.8, 4) is 0 Å². The number of hydrogen-bond donors (Lipinski definition) is 1. The lowest BCUT2D eigenvalue weighted by Crippen LogP contribution is -2.83. The molecule has 0 heterocycles. The first-order chi connectivity index (χ1) is 8.74. The van der Waals surface area contributed by atoms with Gasteiger partial charge in [0, 0.05) is 17.0 Å². The van der Waals surface area contributed by atoms with Crippen molar-refractivity contribution in [2.24, 2.45) is 0 Å². The quantitative estimate of drug-likeness (QED) is 0.800. The summed E-state index contributed by atoms with van der Waals surface area (Å²) in [5, 5.41) is 3.01. The fraction of sp³-hybridized carbons (Fsp3) is 0.200. The highest BCUT2D eigenvalue weighted by Crippen LogP contribution is 2.08. The van der Waals surface area contributed by atoms with Gasteiger partial charge in [0.1, 0.15) is 12.4 Å². The van der Waals surface area contributed by atoms with Crippen molar-refractivity contribution in [1.82, 2.24) is 0 Å². The Bertz CT molecular complexity index is 431. The number of quaternary nitrogens is 1. The van der Waals surface area contributed by atoms with Gasteiger partial charge < -0.3 is 5.32 Å². The van der Waals surface area contributed by atoms with E-state index in [1.807, 2.05) is 36.4 Å². The SMILES string of the molecule is Fc1ccc(CC[NH2+]Cc2ccc(Cl)cc2)cc1. The van der Waals surface area contributed by atoms with E-state index >= 15 is 0 Å². The lowest BCUT2D eigenvalue weighted by molar-refractivity contribution is -0.670. The van der Waals surface area contributed by atoms with Crippen molar-refractivity contribution in [2.45, 2.75) is 13.0 Å². The Balaban J connectivity index is 1.73. The van der Waals surface area contributed by atoms with Crippen LogP contribution in [0.3, 0.4) is 0 Å². The maximum absolute atomic E-state index is 12.7. The van der Waals surface area contributed by atoms with E-state index in [0.29, 0.717) is 0 Å². The van der Waals surface area contributed by atoms with Gasteiger partial charge in [0.05, 0.1) is 6.54 Å². The molecule has 18 heavy (non-hydrogen) atoms. The Labute approximate surface area is 112 Å². The van der Waals surface area contributed by atoms with Gasteiger partial charge in [-0.2, -0.15) is 0 Å². The third-order valence-electron chi connectivity index (χ3n) is 2.84. The minimum absolute atomic E-state index is 0.177. The van der Waals surface area contributed by atoms with Crippen LogP contribution in [0.5, 0.6) is 0 Å². The van der Waals surface area contributed by atoms with Crippen LogP contribution in [0.1, 0.15) is 11.1 Å². The molecule has 1 nitrogen and oxygen atoms in total. The summed E-state index contributed by atoms with van der Waals surface area (Å²) in [4.78, 5) is 0. The van der Waals surface area contributed by atoms with Gasteiger partial charge in [0.25, 0.3) is 0 Å². The van der Waals surface area contributed by atoms with Crippen LogP contribution in [0.2, 0.25) is 5.02 Å². The third-order valence-corrected chi connectivity index (χ3v) is 3.10. The van der Waals surface area contributed by atoms with E-state index in [0.717, 1.165) is 24.5 Å². The summed E-state index contributed by atoms with van der Waals surface area (Å²) >= 11 is 5.82. The zero-order chi connectivity index (χ0) is 12.8. The Hall–Kier alpha value is -1.38. The maximum Gasteiger partial charge on any atom is 0.123 e. The summed E-state index contributed by atoms with van der Waals surface area (Å²) in [5.41, 5.74) is 2.43. The molecule has 0 unspecified atom stereocenters. The molecule has 3 heteroatoms. The normalized spacial score (nSPS) is 10.6. The summed E-state index contributed by atoms with van der Waals surface area (Å²) in [6.45, 7) is 1.94. The summed E-state index contributed by atoms with van der Waals surface area (Å²) in [6, 6.07) is 14.6. The lowest BCUT2D eigenvalue weighted by atomic mass is 10.1. The molecule has 0 fully saturated rings. The van der Waals surface area contributed by atoms with E-state index in [1.54, 1.807) is 0 Å². The first kappa shape index (κ1) is 13.1. The van der Waals surface area contributed by atoms with Crippen LogP contribution in [0.15, 0.2) is 48.5 Å². The molecular weight excluding hydrogens is 249 g/mol. The molecule has 0 saturated heterocycles. The van der Waals surface area contributed by atoms with Crippen LogP contribution in [0.25, 0.3) is 0 Å². The fourth-order valence-electron chi connectivity index (χ4n) is 1.81. The van der Waals surface area contributed by atoms with E-state index in [1.165, 1.54) is 23.3 Å². The number of halogens is 2. The monoisotopic (exact) mass is 264 g/mol. The van der Waals surface area contributed by atoms with Gasteiger partial charge in [0.2, 0.25) is 0 Å². The molecule has 0 atom stereocenters. The van der Waals surface area contributed by atoms with Crippen LogP contribution in [0, 0.1) is 5.82 Å². The Morgan fingerprint density at radius 1 is 0.889 bits per heavy atom. The molecule has 0 aliphatic heterocycles. The molecule has 0 spiro atoms. The van der Waals surface area contributed by atoms with Crippen molar-refractivity contribution in [1.29, 1.82) is 0 Å². The van der Waals surface area contributed by atoms with Crippen molar-refractivity contribution in [2.75, 3.05) is 6.54 Å². The minimum Gasteiger partial charge on any atom is -0.342 e.